The Bertz CT molecular complexity index is 1100. The van der Waals surface area contributed by atoms with Crippen LogP contribution in [0.3, 0.4) is 0 Å². The summed E-state index contributed by atoms with van der Waals surface area (Å²) in [5.74, 6) is 2.24. The van der Waals surface area contributed by atoms with Crippen LogP contribution in [0.15, 0.2) is 42.6 Å². The number of anilines is 3. The van der Waals surface area contributed by atoms with Crippen molar-refractivity contribution in [3.05, 3.63) is 48.2 Å². The average molecular weight is 446 g/mol. The van der Waals surface area contributed by atoms with Gasteiger partial charge in [-0.2, -0.15) is 0 Å². The first kappa shape index (κ1) is 20.7. The van der Waals surface area contributed by atoms with Crippen molar-refractivity contribution in [3.8, 4) is 5.75 Å². The van der Waals surface area contributed by atoms with Gasteiger partial charge in [-0.1, -0.05) is 0 Å². The standard InChI is InChI=1S/C26H31N5O2/c1-2-18(1)23-15-19-17-28-26(30-24(19)16-25(23)33-22-7-9-27-10-8-22)29-20-3-5-21(6-4-20)31-11-13-32-14-12-31/h3-6,15-18,22,27H,1-2,7-14H2,(H,28,29,30). The highest BCUT2D eigenvalue weighted by molar-refractivity contribution is 5.82. The fraction of sp³-hybridized carbons (Fsp3) is 0.462. The summed E-state index contributed by atoms with van der Waals surface area (Å²) < 4.78 is 11.9. The van der Waals surface area contributed by atoms with E-state index in [1.165, 1.54) is 24.1 Å². The highest BCUT2D eigenvalue weighted by atomic mass is 16.5. The maximum Gasteiger partial charge on any atom is 0.227 e. The van der Waals surface area contributed by atoms with Gasteiger partial charge in [0.05, 0.1) is 18.7 Å². The lowest BCUT2D eigenvalue weighted by atomic mass is 10.1. The van der Waals surface area contributed by atoms with Crippen molar-refractivity contribution in [2.75, 3.05) is 49.6 Å². The zero-order valence-electron chi connectivity index (χ0n) is 18.9. The molecule has 0 amide bonds. The van der Waals surface area contributed by atoms with E-state index < -0.39 is 0 Å². The largest absolute Gasteiger partial charge is 0.490 e. The molecule has 7 heteroatoms. The number of aromatic nitrogens is 2. The van der Waals surface area contributed by atoms with Gasteiger partial charge in [0.1, 0.15) is 11.9 Å². The second-order valence-electron chi connectivity index (χ2n) is 9.26. The number of fused-ring (bicyclic) bond motifs is 1. The van der Waals surface area contributed by atoms with Gasteiger partial charge in [-0.05, 0) is 80.6 Å². The Morgan fingerprint density at radius 2 is 1.79 bits per heavy atom. The topological polar surface area (TPSA) is 71.5 Å². The molecule has 33 heavy (non-hydrogen) atoms. The third-order valence-corrected chi connectivity index (χ3v) is 6.81. The number of hydrogen-bond acceptors (Lipinski definition) is 7. The van der Waals surface area contributed by atoms with Gasteiger partial charge in [0.2, 0.25) is 5.95 Å². The van der Waals surface area contributed by atoms with Gasteiger partial charge in [0.15, 0.2) is 0 Å². The lowest BCUT2D eigenvalue weighted by molar-refractivity contribution is 0.122. The molecule has 0 radical (unpaired) electrons. The molecule has 1 aliphatic carbocycles. The molecule has 2 aromatic carbocycles. The van der Waals surface area contributed by atoms with E-state index in [9.17, 15) is 0 Å². The van der Waals surface area contributed by atoms with Crippen molar-refractivity contribution >= 4 is 28.2 Å². The molecule has 0 bridgehead atoms. The Balaban J connectivity index is 1.22. The van der Waals surface area contributed by atoms with E-state index in [0.29, 0.717) is 11.9 Å². The number of nitrogens with zero attached hydrogens (tertiary/aromatic N) is 3. The smallest absolute Gasteiger partial charge is 0.227 e. The minimum atomic E-state index is 0.283. The summed E-state index contributed by atoms with van der Waals surface area (Å²) in [7, 11) is 0. The van der Waals surface area contributed by atoms with Gasteiger partial charge in [0, 0.05) is 42.1 Å². The Morgan fingerprint density at radius 3 is 2.55 bits per heavy atom. The molecule has 172 valence electrons. The molecule has 0 unspecified atom stereocenters. The van der Waals surface area contributed by atoms with Crippen molar-refractivity contribution in [1.82, 2.24) is 15.3 Å². The van der Waals surface area contributed by atoms with E-state index in [1.54, 1.807) is 0 Å². The van der Waals surface area contributed by atoms with E-state index >= 15 is 0 Å². The first-order chi connectivity index (χ1) is 16.3. The summed E-state index contributed by atoms with van der Waals surface area (Å²) in [4.78, 5) is 11.7. The number of hydrogen-bond donors (Lipinski definition) is 2. The molecule has 3 heterocycles. The number of benzene rings is 2. The summed E-state index contributed by atoms with van der Waals surface area (Å²) in [5.41, 5.74) is 4.44. The third-order valence-electron chi connectivity index (χ3n) is 6.81. The monoisotopic (exact) mass is 445 g/mol. The van der Waals surface area contributed by atoms with Crippen molar-refractivity contribution in [1.29, 1.82) is 0 Å². The summed E-state index contributed by atoms with van der Waals surface area (Å²) in [5, 5.41) is 7.85. The molecule has 2 saturated heterocycles. The van der Waals surface area contributed by atoms with E-state index in [1.807, 2.05) is 6.20 Å². The van der Waals surface area contributed by atoms with Crippen LogP contribution in [0.25, 0.3) is 10.9 Å². The molecule has 0 atom stereocenters. The summed E-state index contributed by atoms with van der Waals surface area (Å²) >= 11 is 0. The van der Waals surface area contributed by atoms with E-state index in [2.05, 4.69) is 56.9 Å². The van der Waals surface area contributed by atoms with Crippen LogP contribution >= 0.6 is 0 Å². The van der Waals surface area contributed by atoms with Crippen LogP contribution in [-0.2, 0) is 4.74 Å². The van der Waals surface area contributed by atoms with Crippen molar-refractivity contribution < 1.29 is 9.47 Å². The van der Waals surface area contributed by atoms with E-state index in [0.717, 1.165) is 74.6 Å². The van der Waals surface area contributed by atoms with Gasteiger partial charge in [-0.15, -0.1) is 0 Å². The minimum Gasteiger partial charge on any atom is -0.490 e. The first-order valence-corrected chi connectivity index (χ1v) is 12.2. The Morgan fingerprint density at radius 1 is 1.00 bits per heavy atom. The first-order valence-electron chi connectivity index (χ1n) is 12.2. The number of rotatable bonds is 6. The van der Waals surface area contributed by atoms with Crippen LogP contribution in [0.4, 0.5) is 17.3 Å². The van der Waals surface area contributed by atoms with Crippen LogP contribution in [0.5, 0.6) is 5.75 Å². The van der Waals surface area contributed by atoms with Gasteiger partial charge in [0.25, 0.3) is 0 Å². The molecule has 1 saturated carbocycles. The highest BCUT2D eigenvalue weighted by Gasteiger charge is 2.28. The highest BCUT2D eigenvalue weighted by Crippen LogP contribution is 2.46. The summed E-state index contributed by atoms with van der Waals surface area (Å²) in [6, 6.07) is 12.8. The maximum absolute atomic E-state index is 6.49. The zero-order valence-corrected chi connectivity index (χ0v) is 18.9. The minimum absolute atomic E-state index is 0.283. The molecular formula is C26H31N5O2. The van der Waals surface area contributed by atoms with Crippen LogP contribution in [0.2, 0.25) is 0 Å². The second kappa shape index (κ2) is 9.15. The zero-order chi connectivity index (χ0) is 22.0. The SMILES string of the molecule is c1cc(N2CCOCC2)ccc1Nc1ncc2cc(C3CC3)c(OC3CCNCC3)cc2n1. The van der Waals surface area contributed by atoms with Crippen LogP contribution in [0.1, 0.15) is 37.2 Å². The van der Waals surface area contributed by atoms with Gasteiger partial charge in [-0.3, -0.25) is 0 Å². The molecule has 2 aliphatic heterocycles. The molecule has 7 nitrogen and oxygen atoms in total. The summed E-state index contributed by atoms with van der Waals surface area (Å²) in [6.45, 7) is 5.50. The van der Waals surface area contributed by atoms with Gasteiger partial charge in [-0.25, -0.2) is 9.97 Å². The van der Waals surface area contributed by atoms with Crippen LogP contribution < -0.4 is 20.3 Å². The van der Waals surface area contributed by atoms with Gasteiger partial charge < -0.3 is 25.0 Å². The Hall–Kier alpha value is -2.90. The number of morpholine rings is 1. The normalized spacial score (nSPS) is 19.6. The van der Waals surface area contributed by atoms with Crippen LogP contribution in [-0.4, -0.2) is 55.5 Å². The van der Waals surface area contributed by atoms with Gasteiger partial charge >= 0.3 is 0 Å². The van der Waals surface area contributed by atoms with Crippen molar-refractivity contribution in [2.45, 2.75) is 37.7 Å². The van der Waals surface area contributed by atoms with Crippen molar-refractivity contribution in [3.63, 3.8) is 0 Å². The quantitative estimate of drug-likeness (QED) is 0.589. The van der Waals surface area contributed by atoms with E-state index in [-0.39, 0.29) is 6.10 Å². The molecule has 2 N–H and O–H groups in total. The molecule has 1 aromatic heterocycles. The predicted molar refractivity (Wildman–Crippen MR) is 131 cm³/mol. The predicted octanol–water partition coefficient (Wildman–Crippen LogP) is 4.22. The molecule has 3 aromatic rings. The maximum atomic E-state index is 6.49. The Labute approximate surface area is 194 Å². The Kier molecular flexibility index (Phi) is 5.74. The number of piperidine rings is 1. The lowest BCUT2D eigenvalue weighted by Gasteiger charge is -2.28. The van der Waals surface area contributed by atoms with Crippen LogP contribution in [0, 0.1) is 0 Å². The molecule has 3 fully saturated rings. The lowest BCUT2D eigenvalue weighted by Crippen LogP contribution is -2.36. The molecule has 3 aliphatic rings. The molecule has 6 rings (SSSR count). The molecule has 0 spiro atoms. The second-order valence-corrected chi connectivity index (χ2v) is 9.26. The number of nitrogens with one attached hydrogen (secondary N) is 2. The average Bonchev–Trinajstić information content (AvgIpc) is 3.71. The number of ether oxygens (including phenoxy) is 2. The fourth-order valence-corrected chi connectivity index (χ4v) is 4.75. The molecular weight excluding hydrogens is 414 g/mol. The van der Waals surface area contributed by atoms with Crippen molar-refractivity contribution in [2.24, 2.45) is 0 Å². The third kappa shape index (κ3) is 4.75. The summed E-state index contributed by atoms with van der Waals surface area (Å²) in [6.07, 6.45) is 6.81. The van der Waals surface area contributed by atoms with E-state index in [4.69, 9.17) is 14.5 Å². The fourth-order valence-electron chi connectivity index (χ4n) is 4.75.